The molecule has 1 N–H and O–H groups in total. The van der Waals surface area contributed by atoms with Crippen LogP contribution in [0.4, 0.5) is 31.1 Å². The van der Waals surface area contributed by atoms with Crippen LogP contribution in [0, 0.1) is 0 Å². The van der Waals surface area contributed by atoms with E-state index in [1.165, 1.54) is 54.4 Å². The van der Waals surface area contributed by atoms with Gasteiger partial charge in [-0.15, -0.1) is 13.2 Å². The second-order valence-corrected chi connectivity index (χ2v) is 6.66. The average Bonchev–Trinajstić information content (AvgIpc) is 2.66. The maximum absolute atomic E-state index is 12.5. The highest BCUT2D eigenvalue weighted by Crippen LogP contribution is 2.27. The van der Waals surface area contributed by atoms with Crippen LogP contribution >= 0.6 is 0 Å². The minimum absolute atomic E-state index is 0.0259. The van der Waals surface area contributed by atoms with Crippen LogP contribution in [0.1, 0.15) is 24.1 Å². The zero-order chi connectivity index (χ0) is 23.2. The van der Waals surface area contributed by atoms with Crippen LogP contribution in [0.25, 0.3) is 0 Å². The fourth-order valence-corrected chi connectivity index (χ4v) is 2.58. The molecule has 0 aliphatic rings. The van der Waals surface area contributed by atoms with Crippen molar-refractivity contribution in [2.24, 2.45) is 0 Å². The third kappa shape index (κ3) is 8.27. The van der Waals surface area contributed by atoms with Crippen molar-refractivity contribution in [2.45, 2.75) is 32.0 Å². The molecule has 0 bridgehead atoms. The standard InChI is InChI=1S/C20H20F6N2O3/c1-13(14-7-9-16(10-8-14)30-12-19(21,22)23)27-18(29)28(2)11-15-5-3-4-6-17(15)31-20(24,25)26/h3-10,13H,11-12H2,1-2H3,(H,27,29). The monoisotopic (exact) mass is 450 g/mol. The Bertz CT molecular complexity index is 868. The normalized spacial score (nSPS) is 12.8. The van der Waals surface area contributed by atoms with Crippen LogP contribution in [0.2, 0.25) is 0 Å². The average molecular weight is 450 g/mol. The van der Waals surface area contributed by atoms with E-state index in [0.717, 1.165) is 6.07 Å². The maximum atomic E-state index is 12.5. The van der Waals surface area contributed by atoms with Gasteiger partial charge in [-0.3, -0.25) is 0 Å². The highest BCUT2D eigenvalue weighted by atomic mass is 19.4. The molecule has 1 atom stereocenters. The van der Waals surface area contributed by atoms with Crippen molar-refractivity contribution in [1.82, 2.24) is 10.2 Å². The van der Waals surface area contributed by atoms with Gasteiger partial charge in [-0.05, 0) is 30.7 Å². The number of benzene rings is 2. The van der Waals surface area contributed by atoms with E-state index < -0.39 is 37.0 Å². The first-order chi connectivity index (χ1) is 14.3. The number of hydrogen-bond acceptors (Lipinski definition) is 3. The number of carbonyl (C=O) groups is 1. The Morgan fingerprint density at radius 1 is 1.03 bits per heavy atom. The van der Waals surface area contributed by atoms with Crippen molar-refractivity contribution >= 4 is 6.03 Å². The second-order valence-electron chi connectivity index (χ2n) is 6.66. The van der Waals surface area contributed by atoms with Gasteiger partial charge in [0.25, 0.3) is 0 Å². The first-order valence-electron chi connectivity index (χ1n) is 8.99. The summed E-state index contributed by atoms with van der Waals surface area (Å²) in [5.74, 6) is -0.380. The summed E-state index contributed by atoms with van der Waals surface area (Å²) in [6.07, 6.45) is -9.31. The molecular formula is C20H20F6N2O3. The Kier molecular flexibility index (Phi) is 7.64. The van der Waals surface area contributed by atoms with E-state index in [0.29, 0.717) is 5.56 Å². The molecule has 11 heteroatoms. The van der Waals surface area contributed by atoms with Gasteiger partial charge in [0.15, 0.2) is 6.61 Å². The molecule has 0 aliphatic carbocycles. The molecule has 0 aromatic heterocycles. The van der Waals surface area contributed by atoms with Gasteiger partial charge in [0.05, 0.1) is 12.6 Å². The lowest BCUT2D eigenvalue weighted by Gasteiger charge is -2.23. The number of carbonyl (C=O) groups excluding carboxylic acids is 1. The Balaban J connectivity index is 1.96. The minimum atomic E-state index is -4.86. The van der Waals surface area contributed by atoms with Crippen LogP contribution < -0.4 is 14.8 Å². The summed E-state index contributed by atoms with van der Waals surface area (Å²) in [5, 5.41) is 2.66. The molecule has 5 nitrogen and oxygen atoms in total. The molecule has 1 unspecified atom stereocenters. The van der Waals surface area contributed by atoms with Gasteiger partial charge in [-0.1, -0.05) is 30.3 Å². The first kappa shape index (κ1) is 24.2. The molecule has 0 fully saturated rings. The van der Waals surface area contributed by atoms with E-state index in [1.54, 1.807) is 6.92 Å². The van der Waals surface area contributed by atoms with E-state index in [2.05, 4.69) is 14.8 Å². The zero-order valence-electron chi connectivity index (χ0n) is 16.6. The Morgan fingerprint density at radius 2 is 1.65 bits per heavy atom. The van der Waals surface area contributed by atoms with Crippen molar-refractivity contribution in [1.29, 1.82) is 0 Å². The van der Waals surface area contributed by atoms with Gasteiger partial charge < -0.3 is 19.7 Å². The first-order valence-corrected chi connectivity index (χ1v) is 8.99. The van der Waals surface area contributed by atoms with Crippen molar-refractivity contribution in [3.63, 3.8) is 0 Å². The van der Waals surface area contributed by atoms with Crippen LogP contribution in [0.3, 0.4) is 0 Å². The number of rotatable bonds is 7. The van der Waals surface area contributed by atoms with Crippen LogP contribution in [-0.2, 0) is 6.54 Å². The van der Waals surface area contributed by atoms with Gasteiger partial charge in [-0.2, -0.15) is 13.2 Å². The number of para-hydroxylation sites is 1. The molecule has 2 rings (SSSR count). The van der Waals surface area contributed by atoms with E-state index >= 15 is 0 Å². The number of hydrogen-bond donors (Lipinski definition) is 1. The number of alkyl halides is 6. The number of halogens is 6. The molecule has 0 heterocycles. The summed E-state index contributed by atoms with van der Waals surface area (Å²) in [4.78, 5) is 13.6. The third-order valence-electron chi connectivity index (χ3n) is 4.08. The molecular weight excluding hydrogens is 430 g/mol. The number of nitrogens with zero attached hydrogens (tertiary/aromatic N) is 1. The summed E-state index contributed by atoms with van der Waals surface area (Å²) < 4.78 is 82.8. The fraction of sp³-hybridized carbons (Fsp3) is 0.350. The summed E-state index contributed by atoms with van der Waals surface area (Å²) >= 11 is 0. The van der Waals surface area contributed by atoms with Crippen molar-refractivity contribution in [3.05, 3.63) is 59.7 Å². The zero-order valence-corrected chi connectivity index (χ0v) is 16.6. The molecule has 0 saturated heterocycles. The summed E-state index contributed by atoms with van der Waals surface area (Å²) in [5.41, 5.74) is 0.762. The van der Waals surface area contributed by atoms with Gasteiger partial charge in [0.2, 0.25) is 0 Å². The van der Waals surface area contributed by atoms with Crippen molar-refractivity contribution < 1.29 is 40.6 Å². The van der Waals surface area contributed by atoms with Crippen molar-refractivity contribution in [3.8, 4) is 11.5 Å². The van der Waals surface area contributed by atoms with Gasteiger partial charge >= 0.3 is 18.6 Å². The third-order valence-corrected chi connectivity index (χ3v) is 4.08. The predicted octanol–water partition coefficient (Wildman–Crippen LogP) is 5.43. The predicted molar refractivity (Wildman–Crippen MR) is 99.5 cm³/mol. The van der Waals surface area contributed by atoms with Gasteiger partial charge in [0.1, 0.15) is 11.5 Å². The maximum Gasteiger partial charge on any atom is 0.573 e. The second kappa shape index (κ2) is 9.80. The molecule has 0 radical (unpaired) electrons. The largest absolute Gasteiger partial charge is 0.573 e. The summed E-state index contributed by atoms with van der Waals surface area (Å²) in [6.45, 7) is 0.0933. The SMILES string of the molecule is CC(NC(=O)N(C)Cc1ccccc1OC(F)(F)F)c1ccc(OCC(F)(F)F)cc1. The highest BCUT2D eigenvalue weighted by molar-refractivity contribution is 5.74. The lowest BCUT2D eigenvalue weighted by molar-refractivity contribution is -0.275. The Labute approximate surface area is 174 Å². The van der Waals surface area contributed by atoms with E-state index in [-0.39, 0.29) is 17.9 Å². The molecule has 0 aliphatic heterocycles. The Hall–Kier alpha value is -3.11. The number of urea groups is 1. The summed E-state index contributed by atoms with van der Waals surface area (Å²) in [6, 6.07) is 10.1. The lowest BCUT2D eigenvalue weighted by atomic mass is 10.1. The van der Waals surface area contributed by atoms with Crippen LogP contribution in [0.15, 0.2) is 48.5 Å². The quantitative estimate of drug-likeness (QED) is 0.573. The van der Waals surface area contributed by atoms with E-state index in [9.17, 15) is 31.1 Å². The lowest BCUT2D eigenvalue weighted by Crippen LogP contribution is -2.38. The molecule has 0 spiro atoms. The molecule has 2 aromatic carbocycles. The van der Waals surface area contributed by atoms with E-state index in [1.807, 2.05) is 0 Å². The topological polar surface area (TPSA) is 50.8 Å². The molecule has 31 heavy (non-hydrogen) atoms. The molecule has 0 saturated carbocycles. The minimum Gasteiger partial charge on any atom is -0.484 e. The molecule has 2 aromatic rings. The number of amides is 2. The van der Waals surface area contributed by atoms with Crippen LogP contribution in [0.5, 0.6) is 11.5 Å². The Morgan fingerprint density at radius 3 is 2.23 bits per heavy atom. The summed E-state index contributed by atoms with van der Waals surface area (Å²) in [7, 11) is 1.40. The fourth-order valence-electron chi connectivity index (χ4n) is 2.58. The molecule has 2 amide bonds. The van der Waals surface area contributed by atoms with Crippen molar-refractivity contribution in [2.75, 3.05) is 13.7 Å². The number of nitrogens with one attached hydrogen (secondary N) is 1. The highest BCUT2D eigenvalue weighted by Gasteiger charge is 2.32. The van der Waals surface area contributed by atoms with Gasteiger partial charge in [0, 0.05) is 12.6 Å². The number of ether oxygens (including phenoxy) is 2. The van der Waals surface area contributed by atoms with Gasteiger partial charge in [-0.25, -0.2) is 4.79 Å². The molecule has 170 valence electrons. The van der Waals surface area contributed by atoms with Crippen LogP contribution in [-0.4, -0.2) is 37.1 Å². The van der Waals surface area contributed by atoms with E-state index in [4.69, 9.17) is 0 Å². The smallest absolute Gasteiger partial charge is 0.484 e.